The molecule has 0 aliphatic carbocycles. The van der Waals surface area contributed by atoms with Gasteiger partial charge in [0, 0.05) is 25.7 Å². The second-order valence-corrected chi connectivity index (χ2v) is 29.8. The zero-order valence-electron chi connectivity index (χ0n) is 60.4. The van der Waals surface area contributed by atoms with Crippen molar-refractivity contribution >= 4 is 39.5 Å². The molecule has 0 aromatic heterocycles. The van der Waals surface area contributed by atoms with Crippen molar-refractivity contribution in [1.29, 1.82) is 0 Å². The number of hydrogen-bond donors (Lipinski definition) is 3. The summed E-state index contributed by atoms with van der Waals surface area (Å²) >= 11 is 0. The van der Waals surface area contributed by atoms with E-state index >= 15 is 0 Å². The third kappa shape index (κ3) is 67.0. The Morgan fingerprint density at radius 3 is 0.763 bits per heavy atom. The highest BCUT2D eigenvalue weighted by Crippen LogP contribution is 2.45. The van der Waals surface area contributed by atoms with Crippen LogP contribution in [0.4, 0.5) is 0 Å². The van der Waals surface area contributed by atoms with E-state index in [2.05, 4.69) is 34.6 Å². The lowest BCUT2D eigenvalue weighted by Crippen LogP contribution is -2.30. The summed E-state index contributed by atoms with van der Waals surface area (Å²) in [4.78, 5) is 72.6. The van der Waals surface area contributed by atoms with Gasteiger partial charge in [-0.05, 0) is 31.6 Å². The molecule has 3 N–H and O–H groups in total. The number of carbonyl (C=O) groups is 4. The lowest BCUT2D eigenvalue weighted by molar-refractivity contribution is -0.161. The molecule has 0 rings (SSSR count). The van der Waals surface area contributed by atoms with E-state index in [1.54, 1.807) is 0 Å². The Morgan fingerprint density at radius 2 is 0.516 bits per heavy atom. The van der Waals surface area contributed by atoms with Crippen molar-refractivity contribution in [2.75, 3.05) is 39.6 Å². The number of unbranched alkanes of at least 4 members (excludes halogenated alkanes) is 45. The van der Waals surface area contributed by atoms with Crippen molar-refractivity contribution in [2.24, 2.45) is 5.92 Å². The van der Waals surface area contributed by atoms with Crippen LogP contribution >= 0.6 is 15.6 Å². The maximum absolute atomic E-state index is 13.1. The van der Waals surface area contributed by atoms with E-state index < -0.39 is 97.5 Å². The fourth-order valence-electron chi connectivity index (χ4n) is 11.3. The highest BCUT2D eigenvalue weighted by Gasteiger charge is 2.30. The third-order valence-corrected chi connectivity index (χ3v) is 19.5. The van der Waals surface area contributed by atoms with Crippen molar-refractivity contribution in [3.63, 3.8) is 0 Å². The summed E-state index contributed by atoms with van der Waals surface area (Å²) in [5, 5.41) is 10.6. The number of aliphatic hydroxyl groups excluding tert-OH is 1. The van der Waals surface area contributed by atoms with Crippen LogP contribution < -0.4 is 0 Å². The Kier molecular flexibility index (Phi) is 65.9. The minimum absolute atomic E-state index is 0.108. The van der Waals surface area contributed by atoms with Gasteiger partial charge < -0.3 is 33.8 Å². The van der Waals surface area contributed by atoms with Gasteiger partial charge >= 0.3 is 39.5 Å². The fourth-order valence-corrected chi connectivity index (χ4v) is 12.9. The topological polar surface area (TPSA) is 237 Å². The first-order valence-electron chi connectivity index (χ1n) is 38.7. The minimum Gasteiger partial charge on any atom is -0.462 e. The van der Waals surface area contributed by atoms with Crippen LogP contribution in [0.1, 0.15) is 388 Å². The molecule has 0 radical (unpaired) electrons. The number of aliphatic hydroxyl groups is 1. The number of carbonyl (C=O) groups excluding carboxylic acids is 4. The number of rotatable bonds is 74. The van der Waals surface area contributed by atoms with Crippen LogP contribution in [0, 0.1) is 5.92 Å². The SMILES string of the molecule is CCCCCCCCCCCCCCCCCCCCC(=O)O[C@H](COC(=O)CCCCCCCCCCCCC(C)CC)COP(=O)(O)OC[C@@H](O)COP(=O)(O)OC[C@@H](COC(=O)CCCCCCCCCC)OC(=O)CCCCCCCCCCCCCCC. The first-order chi connectivity index (χ1) is 45.1. The predicted molar refractivity (Wildman–Crippen MR) is 377 cm³/mol. The lowest BCUT2D eigenvalue weighted by Gasteiger charge is -2.21. The number of ether oxygens (including phenoxy) is 4. The van der Waals surface area contributed by atoms with Gasteiger partial charge in [0.2, 0.25) is 0 Å². The molecule has 0 aliphatic rings. The van der Waals surface area contributed by atoms with Gasteiger partial charge in [-0.25, -0.2) is 9.13 Å². The minimum atomic E-state index is -4.95. The lowest BCUT2D eigenvalue weighted by atomic mass is 9.99. The highest BCUT2D eigenvalue weighted by atomic mass is 31.2. The summed E-state index contributed by atoms with van der Waals surface area (Å²) in [6.07, 6.45) is 55.4. The van der Waals surface area contributed by atoms with Gasteiger partial charge in [-0.15, -0.1) is 0 Å². The summed E-state index contributed by atoms with van der Waals surface area (Å²) in [5.41, 5.74) is 0. The molecule has 0 fully saturated rings. The molecule has 6 atom stereocenters. The average molecular weight is 1370 g/mol. The van der Waals surface area contributed by atoms with Crippen LogP contribution in [0.2, 0.25) is 0 Å². The van der Waals surface area contributed by atoms with Crippen molar-refractivity contribution in [1.82, 2.24) is 0 Å². The zero-order chi connectivity index (χ0) is 68.4. The molecule has 0 amide bonds. The molecule has 0 aromatic rings. The second-order valence-electron chi connectivity index (χ2n) is 26.9. The molecule has 0 bridgehead atoms. The van der Waals surface area contributed by atoms with Gasteiger partial charge in [0.1, 0.15) is 19.3 Å². The van der Waals surface area contributed by atoms with Gasteiger partial charge in [-0.1, -0.05) is 336 Å². The largest absolute Gasteiger partial charge is 0.472 e. The molecule has 0 saturated heterocycles. The first-order valence-corrected chi connectivity index (χ1v) is 41.7. The van der Waals surface area contributed by atoms with Crippen LogP contribution in [0.15, 0.2) is 0 Å². The van der Waals surface area contributed by atoms with Gasteiger partial charge in [-0.2, -0.15) is 0 Å². The third-order valence-electron chi connectivity index (χ3n) is 17.6. The normalized spacial score (nSPS) is 14.3. The first kappa shape index (κ1) is 91.1. The average Bonchev–Trinajstić information content (AvgIpc) is 3.49. The van der Waals surface area contributed by atoms with Crippen LogP contribution in [-0.2, 0) is 65.4 Å². The van der Waals surface area contributed by atoms with E-state index in [0.717, 1.165) is 102 Å². The predicted octanol–water partition coefficient (Wildman–Crippen LogP) is 21.7. The fraction of sp³-hybridized carbons (Fsp3) is 0.946. The molecule has 0 heterocycles. The molecule has 93 heavy (non-hydrogen) atoms. The number of phosphoric ester groups is 2. The van der Waals surface area contributed by atoms with Crippen LogP contribution in [0.5, 0.6) is 0 Å². The molecule has 0 saturated carbocycles. The summed E-state index contributed by atoms with van der Waals surface area (Å²) in [7, 11) is -9.90. The van der Waals surface area contributed by atoms with E-state index in [1.807, 2.05) is 0 Å². The van der Waals surface area contributed by atoms with Crippen LogP contribution in [0.25, 0.3) is 0 Å². The molecular weight excluding hydrogens is 1220 g/mol. The number of phosphoric acid groups is 2. The smallest absolute Gasteiger partial charge is 0.462 e. The van der Waals surface area contributed by atoms with Crippen molar-refractivity contribution in [3.05, 3.63) is 0 Å². The Balaban J connectivity index is 5.21. The summed E-state index contributed by atoms with van der Waals surface area (Å²) in [6, 6.07) is 0. The standard InChI is InChI=1S/C74H144O17P2/c1-6-10-13-16-19-22-24-26-27-28-29-30-32-34-40-45-50-55-60-74(79)91-70(64-85-72(77)58-53-48-43-38-36-35-37-41-46-51-56-67(5)9-4)66-89-93(82,83)87-62-68(75)61-86-92(80,81)88-65-69(63-84-71(76)57-52-47-42-21-18-15-12-8-3)90-73(78)59-54-49-44-39-33-31-25-23-20-17-14-11-7-2/h67-70,75H,6-66H2,1-5H3,(H,80,81)(H,82,83)/t67?,68-,69+,70+/m0/s1. The molecule has 0 aromatic carbocycles. The maximum atomic E-state index is 13.1. The van der Waals surface area contributed by atoms with E-state index in [-0.39, 0.29) is 25.7 Å². The van der Waals surface area contributed by atoms with Crippen LogP contribution in [-0.4, -0.2) is 96.7 Å². The number of esters is 4. The Hall–Kier alpha value is -1.94. The van der Waals surface area contributed by atoms with Gasteiger partial charge in [0.25, 0.3) is 0 Å². The molecule has 0 spiro atoms. The molecule has 19 heteroatoms. The Morgan fingerprint density at radius 1 is 0.301 bits per heavy atom. The van der Waals surface area contributed by atoms with Crippen molar-refractivity contribution < 1.29 is 80.2 Å². The van der Waals surface area contributed by atoms with E-state index in [4.69, 9.17) is 37.0 Å². The molecular formula is C74H144O17P2. The quantitative estimate of drug-likeness (QED) is 0.0222. The summed E-state index contributed by atoms with van der Waals surface area (Å²) in [6.45, 7) is 7.29. The highest BCUT2D eigenvalue weighted by molar-refractivity contribution is 7.47. The van der Waals surface area contributed by atoms with Crippen molar-refractivity contribution in [2.45, 2.75) is 406 Å². The van der Waals surface area contributed by atoms with Gasteiger partial charge in [0.05, 0.1) is 26.4 Å². The Labute approximate surface area is 568 Å². The van der Waals surface area contributed by atoms with E-state index in [0.29, 0.717) is 25.7 Å². The molecule has 3 unspecified atom stereocenters. The monoisotopic (exact) mass is 1370 g/mol. The molecule has 17 nitrogen and oxygen atoms in total. The second kappa shape index (κ2) is 67.3. The summed E-state index contributed by atoms with van der Waals surface area (Å²) < 4.78 is 68.4. The maximum Gasteiger partial charge on any atom is 0.472 e. The van der Waals surface area contributed by atoms with Gasteiger partial charge in [0.15, 0.2) is 12.2 Å². The van der Waals surface area contributed by atoms with Crippen molar-refractivity contribution in [3.8, 4) is 0 Å². The van der Waals surface area contributed by atoms with Gasteiger partial charge in [-0.3, -0.25) is 37.3 Å². The zero-order valence-corrected chi connectivity index (χ0v) is 62.2. The Bertz CT molecular complexity index is 1790. The summed E-state index contributed by atoms with van der Waals surface area (Å²) in [5.74, 6) is -1.31. The van der Waals surface area contributed by atoms with E-state index in [9.17, 15) is 43.2 Å². The van der Waals surface area contributed by atoms with Crippen LogP contribution in [0.3, 0.4) is 0 Å². The number of hydrogen-bond acceptors (Lipinski definition) is 15. The molecule has 552 valence electrons. The molecule has 0 aliphatic heterocycles. The van der Waals surface area contributed by atoms with E-state index in [1.165, 1.54) is 205 Å².